The molecule has 0 saturated carbocycles. The van der Waals surface area contributed by atoms with Crippen LogP contribution in [0, 0.1) is 0 Å². The Morgan fingerprint density at radius 3 is 2.83 bits per heavy atom. The molecular weight excluding hydrogens is 226 g/mol. The molecule has 0 fully saturated rings. The van der Waals surface area contributed by atoms with Crippen molar-refractivity contribution in [2.75, 3.05) is 0 Å². The summed E-state index contributed by atoms with van der Waals surface area (Å²) in [7, 11) is 1.70. The number of aryl methyl sites for hydroxylation is 1. The molecule has 6 heteroatoms. The average molecular weight is 234 g/mol. The first-order valence-electron chi connectivity index (χ1n) is 3.20. The lowest BCUT2D eigenvalue weighted by Gasteiger charge is -1.99. The van der Waals surface area contributed by atoms with Gasteiger partial charge in [0.25, 0.3) is 0 Å². The van der Waals surface area contributed by atoms with E-state index in [0.717, 1.165) is 0 Å². The van der Waals surface area contributed by atoms with Crippen molar-refractivity contribution in [1.82, 2.24) is 9.78 Å². The van der Waals surface area contributed by atoms with Crippen LogP contribution in [0.3, 0.4) is 0 Å². The predicted octanol–water partition coefficient (Wildman–Crippen LogP) is 0.267. The number of aliphatic carboxylic acids is 1. The molecule has 0 saturated heterocycles. The van der Waals surface area contributed by atoms with E-state index in [1.807, 2.05) is 0 Å². The lowest BCUT2D eigenvalue weighted by molar-refractivity contribution is -0.138. The number of hydrogen-bond donors (Lipinski definition) is 2. The number of aromatic nitrogens is 2. The molecule has 0 amide bonds. The van der Waals surface area contributed by atoms with E-state index in [-0.39, 0.29) is 0 Å². The highest BCUT2D eigenvalue weighted by Gasteiger charge is 2.17. The minimum Gasteiger partial charge on any atom is -0.480 e. The minimum absolute atomic E-state index is 0.344. The third-order valence-corrected chi connectivity index (χ3v) is 2.17. The third kappa shape index (κ3) is 1.64. The lowest BCUT2D eigenvalue weighted by Crippen LogP contribution is -2.21. The molecule has 0 aliphatic rings. The topological polar surface area (TPSA) is 81.1 Å². The van der Waals surface area contributed by atoms with Crippen molar-refractivity contribution < 1.29 is 9.90 Å². The molecule has 66 valence electrons. The van der Waals surface area contributed by atoms with Gasteiger partial charge in [-0.25, -0.2) is 0 Å². The molecule has 1 unspecified atom stereocenters. The van der Waals surface area contributed by atoms with E-state index in [0.29, 0.717) is 10.3 Å². The Labute approximate surface area is 77.3 Å². The van der Waals surface area contributed by atoms with Gasteiger partial charge < -0.3 is 10.8 Å². The number of carbonyl (C=O) groups is 1. The first-order valence-corrected chi connectivity index (χ1v) is 3.99. The van der Waals surface area contributed by atoms with Crippen LogP contribution in [0.1, 0.15) is 11.7 Å². The van der Waals surface area contributed by atoms with Crippen LogP contribution < -0.4 is 5.73 Å². The number of halogens is 1. The molecule has 0 aliphatic heterocycles. The normalized spacial score (nSPS) is 12.9. The quantitative estimate of drug-likeness (QED) is 0.769. The zero-order chi connectivity index (χ0) is 9.30. The van der Waals surface area contributed by atoms with Crippen molar-refractivity contribution in [2.24, 2.45) is 12.8 Å². The van der Waals surface area contributed by atoms with Gasteiger partial charge in [0.15, 0.2) is 0 Å². The van der Waals surface area contributed by atoms with Crippen LogP contribution in [0.4, 0.5) is 0 Å². The van der Waals surface area contributed by atoms with Crippen molar-refractivity contribution in [1.29, 1.82) is 0 Å². The molecule has 0 bridgehead atoms. The maximum absolute atomic E-state index is 10.4. The molecule has 0 radical (unpaired) electrons. The number of nitrogens with two attached hydrogens (primary N) is 1. The van der Waals surface area contributed by atoms with Crippen LogP contribution in [0.2, 0.25) is 0 Å². The zero-order valence-corrected chi connectivity index (χ0v) is 7.95. The number of carboxylic acid groups (broad SMARTS) is 1. The SMILES string of the molecule is Cn1nc(C(N)C(=O)O)cc1Br. The molecule has 1 heterocycles. The van der Waals surface area contributed by atoms with Crippen molar-refractivity contribution >= 4 is 21.9 Å². The van der Waals surface area contributed by atoms with Crippen molar-refractivity contribution in [3.8, 4) is 0 Å². The van der Waals surface area contributed by atoms with Gasteiger partial charge in [0, 0.05) is 7.05 Å². The van der Waals surface area contributed by atoms with Gasteiger partial charge in [0.05, 0.1) is 5.69 Å². The molecule has 3 N–H and O–H groups in total. The van der Waals surface area contributed by atoms with Gasteiger partial charge >= 0.3 is 5.97 Å². The fourth-order valence-electron chi connectivity index (χ4n) is 0.744. The summed E-state index contributed by atoms with van der Waals surface area (Å²) in [5.74, 6) is -1.08. The van der Waals surface area contributed by atoms with Crippen LogP contribution in [0.15, 0.2) is 10.7 Å². The summed E-state index contributed by atoms with van der Waals surface area (Å²) in [4.78, 5) is 10.4. The van der Waals surface area contributed by atoms with Crippen LogP contribution in [0.25, 0.3) is 0 Å². The molecule has 0 spiro atoms. The molecule has 0 aliphatic carbocycles. The Morgan fingerprint density at radius 1 is 1.92 bits per heavy atom. The summed E-state index contributed by atoms with van der Waals surface area (Å²) in [6.45, 7) is 0. The Bertz CT molecular complexity index is 290. The van der Waals surface area contributed by atoms with Crippen molar-refractivity contribution in [2.45, 2.75) is 6.04 Å². The summed E-state index contributed by atoms with van der Waals surface area (Å²) in [6, 6.07) is 0.529. The second-order valence-electron chi connectivity index (χ2n) is 2.33. The molecule has 1 rings (SSSR count). The van der Waals surface area contributed by atoms with Gasteiger partial charge in [-0.15, -0.1) is 0 Å². The molecule has 12 heavy (non-hydrogen) atoms. The highest BCUT2D eigenvalue weighted by molar-refractivity contribution is 9.10. The number of carboxylic acids is 1. The van der Waals surface area contributed by atoms with E-state index in [2.05, 4.69) is 21.0 Å². The minimum atomic E-state index is -1.08. The smallest absolute Gasteiger partial charge is 0.326 e. The molecule has 1 aromatic heterocycles. The van der Waals surface area contributed by atoms with Gasteiger partial charge in [-0.1, -0.05) is 0 Å². The molecule has 0 aromatic carbocycles. The summed E-state index contributed by atoms with van der Waals surface area (Å²) >= 11 is 3.19. The fourth-order valence-corrected chi connectivity index (χ4v) is 1.06. The third-order valence-electron chi connectivity index (χ3n) is 1.43. The van der Waals surface area contributed by atoms with Gasteiger partial charge in [-0.2, -0.15) is 5.10 Å². The lowest BCUT2D eigenvalue weighted by atomic mass is 10.2. The molecule has 1 aromatic rings. The monoisotopic (exact) mass is 233 g/mol. The number of rotatable bonds is 2. The number of nitrogens with zero attached hydrogens (tertiary/aromatic N) is 2. The Kier molecular flexibility index (Phi) is 2.49. The standard InChI is InChI=1S/C6H8BrN3O2/c1-10-4(7)2-3(9-10)5(8)6(11)12/h2,5H,8H2,1H3,(H,11,12). The van der Waals surface area contributed by atoms with E-state index >= 15 is 0 Å². The second kappa shape index (κ2) is 3.24. The van der Waals surface area contributed by atoms with E-state index in [1.165, 1.54) is 4.68 Å². The van der Waals surface area contributed by atoms with Crippen LogP contribution in [-0.4, -0.2) is 20.9 Å². The Balaban J connectivity index is 2.96. The first-order chi connectivity index (χ1) is 5.52. The van der Waals surface area contributed by atoms with Crippen LogP contribution in [-0.2, 0) is 11.8 Å². The summed E-state index contributed by atoms with van der Waals surface area (Å²) < 4.78 is 2.22. The van der Waals surface area contributed by atoms with E-state index < -0.39 is 12.0 Å². The van der Waals surface area contributed by atoms with E-state index in [9.17, 15) is 4.79 Å². The van der Waals surface area contributed by atoms with Gasteiger partial charge in [0.2, 0.25) is 0 Å². The molecule has 1 atom stereocenters. The predicted molar refractivity (Wildman–Crippen MR) is 45.5 cm³/mol. The highest BCUT2D eigenvalue weighted by atomic mass is 79.9. The van der Waals surface area contributed by atoms with E-state index in [1.54, 1.807) is 13.1 Å². The first kappa shape index (κ1) is 9.21. The zero-order valence-electron chi connectivity index (χ0n) is 6.36. The summed E-state index contributed by atoms with van der Waals surface area (Å²) in [5.41, 5.74) is 5.67. The molecule has 5 nitrogen and oxygen atoms in total. The van der Waals surface area contributed by atoms with E-state index in [4.69, 9.17) is 10.8 Å². The Morgan fingerprint density at radius 2 is 2.50 bits per heavy atom. The fraction of sp³-hybridized carbons (Fsp3) is 0.333. The van der Waals surface area contributed by atoms with Crippen molar-refractivity contribution in [3.63, 3.8) is 0 Å². The highest BCUT2D eigenvalue weighted by Crippen LogP contribution is 2.14. The van der Waals surface area contributed by atoms with Gasteiger partial charge in [0.1, 0.15) is 10.6 Å². The van der Waals surface area contributed by atoms with Gasteiger partial charge in [-0.05, 0) is 22.0 Å². The maximum atomic E-state index is 10.4. The number of hydrogen-bond acceptors (Lipinski definition) is 3. The average Bonchev–Trinajstić information content (AvgIpc) is 2.30. The largest absolute Gasteiger partial charge is 0.480 e. The van der Waals surface area contributed by atoms with Crippen LogP contribution in [0.5, 0.6) is 0 Å². The van der Waals surface area contributed by atoms with Gasteiger partial charge in [-0.3, -0.25) is 9.48 Å². The Hall–Kier alpha value is -0.880. The summed E-state index contributed by atoms with van der Waals surface area (Å²) in [6.07, 6.45) is 0. The second-order valence-corrected chi connectivity index (χ2v) is 3.14. The van der Waals surface area contributed by atoms with Crippen LogP contribution >= 0.6 is 15.9 Å². The molecular formula is C6H8BrN3O2. The maximum Gasteiger partial charge on any atom is 0.326 e. The van der Waals surface area contributed by atoms with Crippen molar-refractivity contribution in [3.05, 3.63) is 16.4 Å². The summed E-state index contributed by atoms with van der Waals surface area (Å²) in [5, 5.41) is 12.4.